The number of carbonyl (C=O) groups is 1. The van der Waals surface area contributed by atoms with Crippen molar-refractivity contribution in [3.05, 3.63) is 38.9 Å². The summed E-state index contributed by atoms with van der Waals surface area (Å²) < 4.78 is 1.01. The number of carbonyl (C=O) groups excluding carboxylic acids is 1. The summed E-state index contributed by atoms with van der Waals surface area (Å²) in [6, 6.07) is 5.87. The SMILES string of the molecule is CCC1CCc2c(sc3cc(N4CCN(C)C4=O)ccc3c2=O)C1. The van der Waals surface area contributed by atoms with E-state index in [2.05, 4.69) is 6.92 Å². The summed E-state index contributed by atoms with van der Waals surface area (Å²) in [5.74, 6) is 0.697. The number of hydrogen-bond donors (Lipinski definition) is 0. The summed E-state index contributed by atoms with van der Waals surface area (Å²) in [5.41, 5.74) is 2.13. The highest BCUT2D eigenvalue weighted by Crippen LogP contribution is 2.33. The highest BCUT2D eigenvalue weighted by atomic mass is 32.1. The third-order valence-corrected chi connectivity index (χ3v) is 6.65. The normalized spacial score (nSPS) is 20.8. The van der Waals surface area contributed by atoms with Gasteiger partial charge in [-0.3, -0.25) is 9.69 Å². The van der Waals surface area contributed by atoms with Crippen molar-refractivity contribution in [3.8, 4) is 0 Å². The maximum absolute atomic E-state index is 12.8. The van der Waals surface area contributed by atoms with Crippen molar-refractivity contribution >= 4 is 33.1 Å². The third kappa shape index (κ3) is 2.42. The number of benzene rings is 1. The van der Waals surface area contributed by atoms with E-state index in [4.69, 9.17) is 0 Å². The summed E-state index contributed by atoms with van der Waals surface area (Å²) in [6.45, 7) is 3.68. The largest absolute Gasteiger partial charge is 0.326 e. The van der Waals surface area contributed by atoms with Gasteiger partial charge in [-0.05, 0) is 43.4 Å². The number of urea groups is 1. The second-order valence-electron chi connectivity index (χ2n) is 6.89. The Kier molecular flexibility index (Phi) is 3.83. The zero-order chi connectivity index (χ0) is 16.8. The molecule has 4 nitrogen and oxygen atoms in total. The van der Waals surface area contributed by atoms with Crippen molar-refractivity contribution in [3.63, 3.8) is 0 Å². The molecule has 2 aromatic rings. The number of nitrogens with zero attached hydrogens (tertiary/aromatic N) is 2. The van der Waals surface area contributed by atoms with Gasteiger partial charge in [0.1, 0.15) is 0 Å². The average molecular weight is 342 g/mol. The maximum atomic E-state index is 12.8. The van der Waals surface area contributed by atoms with E-state index in [1.165, 1.54) is 11.3 Å². The van der Waals surface area contributed by atoms with Gasteiger partial charge < -0.3 is 4.90 Å². The Morgan fingerprint density at radius 1 is 1.25 bits per heavy atom. The molecule has 1 aliphatic carbocycles. The smallest absolute Gasteiger partial charge is 0.324 e. The maximum Gasteiger partial charge on any atom is 0.324 e. The van der Waals surface area contributed by atoms with Gasteiger partial charge in [-0.1, -0.05) is 13.3 Å². The zero-order valence-electron chi connectivity index (χ0n) is 14.2. The Balaban J connectivity index is 1.80. The summed E-state index contributed by atoms with van der Waals surface area (Å²) >= 11 is 1.75. The lowest BCUT2D eigenvalue weighted by molar-refractivity contribution is 0.229. The molecule has 5 heteroatoms. The van der Waals surface area contributed by atoms with Gasteiger partial charge in [-0.15, -0.1) is 11.3 Å². The van der Waals surface area contributed by atoms with Gasteiger partial charge in [-0.2, -0.15) is 0 Å². The van der Waals surface area contributed by atoms with E-state index in [9.17, 15) is 9.59 Å². The van der Waals surface area contributed by atoms with Crippen molar-refractivity contribution in [2.75, 3.05) is 25.0 Å². The van der Waals surface area contributed by atoms with Crippen LogP contribution in [0.15, 0.2) is 23.0 Å². The Morgan fingerprint density at radius 2 is 2.08 bits per heavy atom. The van der Waals surface area contributed by atoms with Crippen LogP contribution in [0.2, 0.25) is 0 Å². The van der Waals surface area contributed by atoms with Crippen LogP contribution in [0.25, 0.3) is 10.1 Å². The third-order valence-electron chi connectivity index (χ3n) is 5.44. The van der Waals surface area contributed by atoms with E-state index in [-0.39, 0.29) is 11.5 Å². The molecule has 4 rings (SSSR count). The van der Waals surface area contributed by atoms with Gasteiger partial charge >= 0.3 is 6.03 Å². The van der Waals surface area contributed by atoms with E-state index in [0.717, 1.165) is 47.1 Å². The molecule has 1 atom stereocenters. The fraction of sp³-hybridized carbons (Fsp3) is 0.474. The fourth-order valence-electron chi connectivity index (χ4n) is 3.80. The van der Waals surface area contributed by atoms with Crippen LogP contribution in [-0.4, -0.2) is 31.1 Å². The van der Waals surface area contributed by atoms with Crippen LogP contribution in [0.1, 0.15) is 30.2 Å². The summed E-state index contributed by atoms with van der Waals surface area (Å²) in [4.78, 5) is 29.8. The average Bonchev–Trinajstić information content (AvgIpc) is 2.93. The van der Waals surface area contributed by atoms with Crippen molar-refractivity contribution in [2.24, 2.45) is 5.92 Å². The molecule has 126 valence electrons. The van der Waals surface area contributed by atoms with E-state index in [0.29, 0.717) is 12.5 Å². The van der Waals surface area contributed by atoms with Crippen LogP contribution >= 0.6 is 11.3 Å². The first-order valence-electron chi connectivity index (χ1n) is 8.69. The second kappa shape index (κ2) is 5.88. The summed E-state index contributed by atoms with van der Waals surface area (Å²) in [7, 11) is 1.82. The van der Waals surface area contributed by atoms with E-state index < -0.39 is 0 Å². The molecule has 1 saturated heterocycles. The molecular weight excluding hydrogens is 320 g/mol. The first-order chi connectivity index (χ1) is 11.6. The molecule has 0 spiro atoms. The molecule has 1 aliphatic heterocycles. The van der Waals surface area contributed by atoms with Crippen molar-refractivity contribution in [1.82, 2.24) is 4.90 Å². The van der Waals surface area contributed by atoms with Crippen molar-refractivity contribution in [1.29, 1.82) is 0 Å². The van der Waals surface area contributed by atoms with Gasteiger partial charge in [0.25, 0.3) is 0 Å². The molecule has 1 fully saturated rings. The molecule has 0 radical (unpaired) electrons. The summed E-state index contributed by atoms with van der Waals surface area (Å²) in [5, 5.41) is 0.803. The number of anilines is 1. The molecule has 0 saturated carbocycles. The van der Waals surface area contributed by atoms with Crippen molar-refractivity contribution < 1.29 is 4.79 Å². The zero-order valence-corrected chi connectivity index (χ0v) is 15.0. The van der Waals surface area contributed by atoms with Crippen LogP contribution in [0.3, 0.4) is 0 Å². The fourth-order valence-corrected chi connectivity index (χ4v) is 5.15. The molecule has 24 heavy (non-hydrogen) atoms. The molecule has 2 heterocycles. The van der Waals surface area contributed by atoms with Crippen LogP contribution in [0.5, 0.6) is 0 Å². The first-order valence-corrected chi connectivity index (χ1v) is 9.51. The summed E-state index contributed by atoms with van der Waals surface area (Å²) in [6.07, 6.45) is 4.24. The number of likely N-dealkylation sites (N-methyl/N-ethyl adjacent to an activating group) is 1. The number of amides is 2. The minimum Gasteiger partial charge on any atom is -0.326 e. The van der Waals surface area contributed by atoms with Gasteiger partial charge in [-0.25, -0.2) is 4.79 Å². The van der Waals surface area contributed by atoms with Crippen LogP contribution in [-0.2, 0) is 12.8 Å². The van der Waals surface area contributed by atoms with E-state index in [1.807, 2.05) is 25.2 Å². The van der Waals surface area contributed by atoms with Gasteiger partial charge in [0.2, 0.25) is 0 Å². The molecule has 1 unspecified atom stereocenters. The lowest BCUT2D eigenvalue weighted by Crippen LogP contribution is -2.29. The highest BCUT2D eigenvalue weighted by molar-refractivity contribution is 7.18. The molecule has 0 N–H and O–H groups in total. The predicted molar refractivity (Wildman–Crippen MR) is 99.3 cm³/mol. The van der Waals surface area contributed by atoms with Gasteiger partial charge in [0.05, 0.1) is 0 Å². The Bertz CT molecular complexity index is 874. The minimum absolute atomic E-state index is 0.0331. The lowest BCUT2D eigenvalue weighted by Gasteiger charge is -2.23. The Hall–Kier alpha value is -1.88. The Labute approximate surface area is 145 Å². The minimum atomic E-state index is 0.0331. The van der Waals surface area contributed by atoms with E-state index >= 15 is 0 Å². The standard InChI is InChI=1S/C19H22N2O2S/c1-3-12-4-6-14-16(10-12)24-17-11-13(5-7-15(17)18(14)22)21-9-8-20(2)19(21)23/h5,7,11-12H,3-4,6,8-10H2,1-2H3. The number of fused-ring (bicyclic) bond motifs is 2. The molecule has 1 aromatic carbocycles. The molecule has 1 aromatic heterocycles. The monoisotopic (exact) mass is 342 g/mol. The Morgan fingerprint density at radius 3 is 2.79 bits per heavy atom. The van der Waals surface area contributed by atoms with Crippen molar-refractivity contribution in [2.45, 2.75) is 32.6 Å². The van der Waals surface area contributed by atoms with Crippen LogP contribution < -0.4 is 10.3 Å². The number of rotatable bonds is 2. The quantitative estimate of drug-likeness (QED) is 0.836. The lowest BCUT2D eigenvalue weighted by atomic mass is 9.87. The van der Waals surface area contributed by atoms with E-state index in [1.54, 1.807) is 21.1 Å². The topological polar surface area (TPSA) is 40.6 Å². The van der Waals surface area contributed by atoms with Crippen LogP contribution in [0, 0.1) is 5.92 Å². The second-order valence-corrected chi connectivity index (χ2v) is 8.02. The van der Waals surface area contributed by atoms with Gasteiger partial charge in [0, 0.05) is 46.4 Å². The number of hydrogen-bond acceptors (Lipinski definition) is 3. The molecule has 2 aliphatic rings. The molecular formula is C19H22N2O2S. The predicted octanol–water partition coefficient (Wildman–Crippen LogP) is 3.65. The van der Waals surface area contributed by atoms with Gasteiger partial charge in [0.15, 0.2) is 5.43 Å². The molecule has 0 bridgehead atoms. The highest BCUT2D eigenvalue weighted by Gasteiger charge is 2.27. The first kappa shape index (κ1) is 15.6. The molecule has 2 amide bonds. The van der Waals surface area contributed by atoms with Crippen LogP contribution in [0.4, 0.5) is 10.5 Å².